The third-order valence-corrected chi connectivity index (χ3v) is 8.74. The highest BCUT2D eigenvalue weighted by atomic mass is 28.3. The van der Waals surface area contributed by atoms with Crippen molar-refractivity contribution in [3.63, 3.8) is 0 Å². The molecule has 0 amide bonds. The molecule has 4 heteroatoms. The molecule has 0 aliphatic carbocycles. The van der Waals surface area contributed by atoms with Gasteiger partial charge in [0.05, 0.1) is 19.9 Å². The van der Waals surface area contributed by atoms with Gasteiger partial charge in [-0.1, -0.05) is 25.7 Å². The third kappa shape index (κ3) is 5.04. The lowest BCUT2D eigenvalue weighted by atomic mass is 10.4. The average Bonchev–Trinajstić information content (AvgIpc) is 2.23. The van der Waals surface area contributed by atoms with Crippen molar-refractivity contribution in [1.82, 2.24) is 0 Å². The highest BCUT2D eigenvalue weighted by molar-refractivity contribution is 6.80. The summed E-state index contributed by atoms with van der Waals surface area (Å²) >= 11 is 0. The molecule has 0 unspecified atom stereocenters. The van der Waals surface area contributed by atoms with Gasteiger partial charge < -0.3 is 9.47 Å². The lowest BCUT2D eigenvalue weighted by Crippen LogP contribution is -2.51. The molecule has 0 N–H and O–H groups in total. The van der Waals surface area contributed by atoms with E-state index < -0.39 is 8.07 Å². The van der Waals surface area contributed by atoms with Crippen molar-refractivity contribution in [3.05, 3.63) is 12.2 Å². The van der Waals surface area contributed by atoms with Gasteiger partial charge in [-0.2, -0.15) is 0 Å². The molecule has 100 valence electrons. The zero-order chi connectivity index (χ0) is 13.7. The molecule has 0 radical (unpaired) electrons. The number of ether oxygens (including phenoxy) is 2. The van der Waals surface area contributed by atoms with Gasteiger partial charge in [-0.15, -0.1) is 0 Å². The lowest BCUT2D eigenvalue weighted by molar-refractivity contribution is -0.138. The molecule has 0 fully saturated rings. The SMILES string of the molecule is C=C(C)C(=O)OCCC[Si](C)(C)C(C)(C)OC. The summed E-state index contributed by atoms with van der Waals surface area (Å²) in [6.45, 7) is 14.6. The largest absolute Gasteiger partial charge is 0.462 e. The summed E-state index contributed by atoms with van der Waals surface area (Å²) in [4.78, 5) is 11.2. The van der Waals surface area contributed by atoms with Gasteiger partial charge in [-0.25, -0.2) is 4.79 Å². The van der Waals surface area contributed by atoms with Crippen LogP contribution < -0.4 is 0 Å². The van der Waals surface area contributed by atoms with Gasteiger partial charge in [0.15, 0.2) is 0 Å². The molecule has 0 rings (SSSR count). The number of hydrogen-bond acceptors (Lipinski definition) is 3. The van der Waals surface area contributed by atoms with Gasteiger partial charge in [0.25, 0.3) is 0 Å². The fraction of sp³-hybridized carbons (Fsp3) is 0.769. The summed E-state index contributed by atoms with van der Waals surface area (Å²) < 4.78 is 10.6. The number of carbonyl (C=O) groups is 1. The van der Waals surface area contributed by atoms with Gasteiger partial charge in [0.1, 0.15) is 0 Å². The molecule has 0 aliphatic heterocycles. The molecule has 0 aromatic carbocycles. The molecule has 3 nitrogen and oxygen atoms in total. The molecule has 0 aromatic rings. The van der Waals surface area contributed by atoms with E-state index >= 15 is 0 Å². The van der Waals surface area contributed by atoms with Gasteiger partial charge in [0.2, 0.25) is 0 Å². The second-order valence-corrected chi connectivity index (χ2v) is 11.1. The summed E-state index contributed by atoms with van der Waals surface area (Å²) in [6, 6.07) is 1.08. The normalized spacial score (nSPS) is 12.4. The quantitative estimate of drug-likeness (QED) is 0.304. The maximum absolute atomic E-state index is 11.2. The van der Waals surface area contributed by atoms with E-state index in [2.05, 4.69) is 33.5 Å². The number of esters is 1. The molecule has 0 aromatic heterocycles. The number of methoxy groups -OCH3 is 1. The third-order valence-electron chi connectivity index (χ3n) is 3.67. The summed E-state index contributed by atoms with van der Waals surface area (Å²) in [6.07, 6.45) is 0.894. The first kappa shape index (κ1) is 16.4. The second-order valence-electron chi connectivity index (χ2n) is 5.62. The highest BCUT2D eigenvalue weighted by Crippen LogP contribution is 2.28. The number of hydrogen-bond donors (Lipinski definition) is 0. The van der Waals surface area contributed by atoms with Gasteiger partial charge >= 0.3 is 5.97 Å². The number of rotatable bonds is 7. The Morgan fingerprint density at radius 2 is 1.88 bits per heavy atom. The van der Waals surface area contributed by atoms with Crippen molar-refractivity contribution in [1.29, 1.82) is 0 Å². The standard InChI is InChI=1S/C13H26O3Si/c1-11(2)12(14)16-9-8-10-17(6,7)13(3,4)15-5/h1,8-10H2,2-7H3. The maximum atomic E-state index is 11.2. The van der Waals surface area contributed by atoms with Crippen LogP contribution in [-0.2, 0) is 14.3 Å². The zero-order valence-corrected chi connectivity index (χ0v) is 13.1. The monoisotopic (exact) mass is 258 g/mol. The molecule has 0 bridgehead atoms. The molecule has 0 atom stereocenters. The Morgan fingerprint density at radius 1 is 1.35 bits per heavy atom. The topological polar surface area (TPSA) is 35.5 Å². The average molecular weight is 258 g/mol. The van der Waals surface area contributed by atoms with Gasteiger partial charge in [-0.05, 0) is 27.2 Å². The molecular formula is C13H26O3Si. The van der Waals surface area contributed by atoms with Crippen LogP contribution in [0.3, 0.4) is 0 Å². The molecule has 0 aliphatic rings. The predicted octanol–water partition coefficient (Wildman–Crippen LogP) is 3.17. The van der Waals surface area contributed by atoms with Crippen LogP contribution in [-0.4, -0.2) is 33.0 Å². The van der Waals surface area contributed by atoms with Crippen LogP contribution in [0.5, 0.6) is 0 Å². The van der Waals surface area contributed by atoms with Crippen molar-refractivity contribution in [2.45, 2.75) is 51.6 Å². The van der Waals surface area contributed by atoms with E-state index in [1.807, 2.05) is 0 Å². The van der Waals surface area contributed by atoms with Crippen LogP contribution >= 0.6 is 0 Å². The van der Waals surface area contributed by atoms with E-state index in [1.54, 1.807) is 14.0 Å². The van der Waals surface area contributed by atoms with E-state index in [4.69, 9.17) is 9.47 Å². The van der Waals surface area contributed by atoms with Crippen LogP contribution in [0.25, 0.3) is 0 Å². The summed E-state index contributed by atoms with van der Waals surface area (Å²) in [5.74, 6) is -0.296. The fourth-order valence-corrected chi connectivity index (χ4v) is 3.56. The van der Waals surface area contributed by atoms with Crippen molar-refractivity contribution in [2.24, 2.45) is 0 Å². The van der Waals surface area contributed by atoms with E-state index in [9.17, 15) is 4.79 Å². The Balaban J connectivity index is 4.05. The Labute approximate surface area is 106 Å². The molecule has 0 heterocycles. The summed E-state index contributed by atoms with van der Waals surface area (Å²) in [5, 5.41) is -0.0502. The van der Waals surface area contributed by atoms with Crippen LogP contribution in [0.15, 0.2) is 12.2 Å². The molecule has 0 saturated heterocycles. The molecule has 17 heavy (non-hydrogen) atoms. The first-order valence-electron chi connectivity index (χ1n) is 6.02. The lowest BCUT2D eigenvalue weighted by Gasteiger charge is -2.38. The van der Waals surface area contributed by atoms with E-state index in [0.29, 0.717) is 12.2 Å². The second kappa shape index (κ2) is 6.35. The molecular weight excluding hydrogens is 232 g/mol. The Morgan fingerprint density at radius 3 is 2.29 bits per heavy atom. The Bertz CT molecular complexity index is 282. The Kier molecular flexibility index (Phi) is 6.13. The number of carbonyl (C=O) groups excluding carboxylic acids is 1. The zero-order valence-electron chi connectivity index (χ0n) is 12.1. The van der Waals surface area contributed by atoms with Crippen LogP contribution in [0.4, 0.5) is 0 Å². The van der Waals surface area contributed by atoms with Gasteiger partial charge in [0, 0.05) is 12.7 Å². The van der Waals surface area contributed by atoms with Crippen LogP contribution in [0.1, 0.15) is 27.2 Å². The first-order valence-corrected chi connectivity index (χ1v) is 9.22. The van der Waals surface area contributed by atoms with Crippen molar-refractivity contribution >= 4 is 14.0 Å². The molecule has 0 saturated carbocycles. The first-order chi connectivity index (χ1) is 7.64. The smallest absolute Gasteiger partial charge is 0.333 e. The van der Waals surface area contributed by atoms with Crippen LogP contribution in [0, 0.1) is 0 Å². The van der Waals surface area contributed by atoms with Crippen molar-refractivity contribution in [3.8, 4) is 0 Å². The van der Waals surface area contributed by atoms with E-state index in [1.165, 1.54) is 0 Å². The predicted molar refractivity (Wildman–Crippen MR) is 73.8 cm³/mol. The minimum Gasteiger partial charge on any atom is -0.462 e. The maximum Gasteiger partial charge on any atom is 0.333 e. The van der Waals surface area contributed by atoms with Gasteiger partial charge in [-0.3, -0.25) is 0 Å². The summed E-state index contributed by atoms with van der Waals surface area (Å²) in [7, 11) is 0.294. The van der Waals surface area contributed by atoms with Crippen molar-refractivity contribution in [2.75, 3.05) is 13.7 Å². The summed E-state index contributed by atoms with van der Waals surface area (Å²) in [5.41, 5.74) is 0.457. The fourth-order valence-electron chi connectivity index (χ4n) is 1.38. The Hall–Kier alpha value is -0.613. The minimum absolute atomic E-state index is 0.0502. The minimum atomic E-state index is -1.47. The highest BCUT2D eigenvalue weighted by Gasteiger charge is 2.38. The van der Waals surface area contributed by atoms with E-state index in [-0.39, 0.29) is 11.2 Å². The van der Waals surface area contributed by atoms with Crippen molar-refractivity contribution < 1.29 is 14.3 Å². The van der Waals surface area contributed by atoms with E-state index in [0.717, 1.165) is 12.5 Å². The molecule has 0 spiro atoms. The van der Waals surface area contributed by atoms with Crippen LogP contribution in [0.2, 0.25) is 19.1 Å².